The van der Waals surface area contributed by atoms with Crippen LogP contribution in [-0.4, -0.2) is 80.1 Å². The Kier molecular flexibility index (Phi) is 12.0. The summed E-state index contributed by atoms with van der Waals surface area (Å²) in [5.41, 5.74) is 7.86. The van der Waals surface area contributed by atoms with Crippen LogP contribution in [0.4, 0.5) is 0 Å². The predicted molar refractivity (Wildman–Crippen MR) is 157 cm³/mol. The number of benzene rings is 2. The van der Waals surface area contributed by atoms with Gasteiger partial charge >= 0.3 is 17.9 Å². The zero-order valence-corrected chi connectivity index (χ0v) is 23.7. The van der Waals surface area contributed by atoms with Crippen LogP contribution < -0.4 is 21.7 Å². The minimum Gasteiger partial charge on any atom is -0.481 e. The molecule has 0 bridgehead atoms. The van der Waals surface area contributed by atoms with Gasteiger partial charge in [-0.25, -0.2) is 4.79 Å². The van der Waals surface area contributed by atoms with Crippen molar-refractivity contribution in [2.75, 3.05) is 0 Å². The summed E-state index contributed by atoms with van der Waals surface area (Å²) in [7, 11) is 0. The third-order valence-corrected chi connectivity index (χ3v) is 6.92. The van der Waals surface area contributed by atoms with Crippen molar-refractivity contribution in [2.24, 2.45) is 5.73 Å². The number of para-hydroxylation sites is 1. The first-order chi connectivity index (χ1) is 20.9. The number of carboxylic acid groups (broad SMARTS) is 3. The number of aliphatic carboxylic acids is 3. The number of aromatic amines is 1. The lowest BCUT2D eigenvalue weighted by molar-refractivity contribution is -0.143. The Balaban J connectivity index is 1.79. The van der Waals surface area contributed by atoms with Gasteiger partial charge in [-0.1, -0.05) is 48.5 Å². The normalized spacial score (nSPS) is 13.7. The van der Waals surface area contributed by atoms with E-state index < -0.39 is 66.2 Å². The van der Waals surface area contributed by atoms with Crippen molar-refractivity contribution in [1.29, 1.82) is 0 Å². The van der Waals surface area contributed by atoms with Gasteiger partial charge < -0.3 is 42.0 Å². The number of hydrogen-bond acceptors (Lipinski definition) is 7. The molecule has 14 heteroatoms. The summed E-state index contributed by atoms with van der Waals surface area (Å²) in [6, 6.07) is 10.4. The van der Waals surface area contributed by atoms with Crippen molar-refractivity contribution < 1.29 is 44.1 Å². The summed E-state index contributed by atoms with van der Waals surface area (Å²) in [5, 5.41) is 36.1. The van der Waals surface area contributed by atoms with Gasteiger partial charge in [-0.3, -0.25) is 24.0 Å². The lowest BCUT2D eigenvalue weighted by atomic mass is 10.0. The number of carbonyl (C=O) groups is 6. The van der Waals surface area contributed by atoms with Crippen LogP contribution in [0.25, 0.3) is 10.9 Å². The van der Waals surface area contributed by atoms with Gasteiger partial charge in [0.25, 0.3) is 0 Å². The number of carbonyl (C=O) groups excluding carboxylic acids is 3. The minimum absolute atomic E-state index is 0.0321. The molecule has 0 spiro atoms. The fraction of sp³-hybridized carbons (Fsp3) is 0.333. The van der Waals surface area contributed by atoms with Crippen LogP contribution in [0.5, 0.6) is 0 Å². The first kappa shape index (κ1) is 33.3. The van der Waals surface area contributed by atoms with E-state index in [9.17, 15) is 39.0 Å². The average molecular weight is 610 g/mol. The molecule has 0 aliphatic carbocycles. The molecule has 3 rings (SSSR count). The highest BCUT2D eigenvalue weighted by molar-refractivity contribution is 5.94. The first-order valence-corrected chi connectivity index (χ1v) is 13.9. The summed E-state index contributed by atoms with van der Waals surface area (Å²) in [4.78, 5) is 76.8. The molecule has 4 unspecified atom stereocenters. The van der Waals surface area contributed by atoms with Gasteiger partial charge in [-0.05, 0) is 30.0 Å². The number of H-pyrrole nitrogens is 1. The molecule has 0 saturated heterocycles. The highest BCUT2D eigenvalue weighted by atomic mass is 16.4. The van der Waals surface area contributed by atoms with E-state index in [0.717, 1.165) is 10.9 Å². The first-order valence-electron chi connectivity index (χ1n) is 13.9. The summed E-state index contributed by atoms with van der Waals surface area (Å²) >= 11 is 0. The van der Waals surface area contributed by atoms with Gasteiger partial charge in [0, 0.05) is 42.8 Å². The molecule has 4 atom stereocenters. The van der Waals surface area contributed by atoms with Crippen molar-refractivity contribution in [3.8, 4) is 0 Å². The molecule has 44 heavy (non-hydrogen) atoms. The topological polar surface area (TPSA) is 241 Å². The standard InChI is InChI=1S/C30H35N5O9/c31-20(10-12-25(36)37)27(40)34-23(14-17-6-2-1-3-7-17)29(42)33-22(11-13-26(38)39)28(41)35-24(30(43)44)15-18-16-32-21-9-5-4-8-19(18)21/h1-9,16,20,22-24,32H,10-15,31H2,(H,33,42)(H,34,40)(H,35,41)(H,36,37)(H,38,39)(H,43,44). The van der Waals surface area contributed by atoms with Crippen LogP contribution in [0.15, 0.2) is 60.8 Å². The van der Waals surface area contributed by atoms with Crippen LogP contribution in [0.1, 0.15) is 36.8 Å². The smallest absolute Gasteiger partial charge is 0.326 e. The van der Waals surface area contributed by atoms with Gasteiger partial charge in [0.15, 0.2) is 0 Å². The number of nitrogens with one attached hydrogen (secondary N) is 4. The van der Waals surface area contributed by atoms with Crippen LogP contribution in [0, 0.1) is 0 Å². The number of aromatic nitrogens is 1. The Morgan fingerprint density at radius 3 is 1.91 bits per heavy atom. The highest BCUT2D eigenvalue weighted by Gasteiger charge is 2.31. The van der Waals surface area contributed by atoms with Gasteiger partial charge in [-0.15, -0.1) is 0 Å². The molecule has 14 nitrogen and oxygen atoms in total. The van der Waals surface area contributed by atoms with E-state index in [-0.39, 0.29) is 32.1 Å². The number of amides is 3. The molecule has 0 radical (unpaired) electrons. The SMILES string of the molecule is NC(CCC(=O)O)C(=O)NC(Cc1ccccc1)C(=O)NC(CCC(=O)O)C(=O)NC(Cc1c[nH]c2ccccc12)C(=O)O. The lowest BCUT2D eigenvalue weighted by Gasteiger charge is -2.25. The van der Waals surface area contributed by atoms with Crippen molar-refractivity contribution in [3.05, 3.63) is 71.9 Å². The molecular weight excluding hydrogens is 574 g/mol. The third-order valence-electron chi connectivity index (χ3n) is 6.92. The fourth-order valence-corrected chi connectivity index (χ4v) is 4.55. The Hall–Kier alpha value is -5.24. The third kappa shape index (κ3) is 9.94. The molecule has 234 valence electrons. The summed E-state index contributed by atoms with van der Waals surface area (Å²) in [6.45, 7) is 0. The summed E-state index contributed by atoms with van der Waals surface area (Å²) < 4.78 is 0. The number of rotatable bonds is 17. The molecule has 0 saturated carbocycles. The van der Waals surface area contributed by atoms with E-state index in [0.29, 0.717) is 11.1 Å². The van der Waals surface area contributed by atoms with Crippen molar-refractivity contribution >= 4 is 46.5 Å². The molecule has 2 aromatic carbocycles. The van der Waals surface area contributed by atoms with E-state index in [2.05, 4.69) is 20.9 Å². The molecular formula is C30H35N5O9. The van der Waals surface area contributed by atoms with E-state index in [4.69, 9.17) is 10.8 Å². The van der Waals surface area contributed by atoms with Crippen LogP contribution in [-0.2, 0) is 41.6 Å². The van der Waals surface area contributed by atoms with E-state index in [1.807, 2.05) is 12.1 Å². The van der Waals surface area contributed by atoms with Gasteiger partial charge in [0.1, 0.15) is 18.1 Å². The number of nitrogens with two attached hydrogens (primary N) is 1. The van der Waals surface area contributed by atoms with Crippen LogP contribution >= 0.6 is 0 Å². The molecule has 3 aromatic rings. The van der Waals surface area contributed by atoms with E-state index in [1.54, 1.807) is 48.7 Å². The maximum atomic E-state index is 13.4. The second-order valence-corrected chi connectivity index (χ2v) is 10.2. The van der Waals surface area contributed by atoms with E-state index in [1.165, 1.54) is 0 Å². The van der Waals surface area contributed by atoms with Gasteiger partial charge in [0.05, 0.1) is 6.04 Å². The summed E-state index contributed by atoms with van der Waals surface area (Å²) in [6.07, 6.45) is 0.0723. The number of hydrogen-bond donors (Lipinski definition) is 8. The second-order valence-electron chi connectivity index (χ2n) is 10.2. The summed E-state index contributed by atoms with van der Waals surface area (Å²) in [5.74, 6) is -6.29. The minimum atomic E-state index is -1.46. The van der Waals surface area contributed by atoms with Crippen LogP contribution in [0.2, 0.25) is 0 Å². The van der Waals surface area contributed by atoms with Crippen molar-refractivity contribution in [2.45, 2.75) is 62.7 Å². The second kappa shape index (κ2) is 15.8. The van der Waals surface area contributed by atoms with Crippen molar-refractivity contribution in [1.82, 2.24) is 20.9 Å². The van der Waals surface area contributed by atoms with E-state index >= 15 is 0 Å². The Labute approximate surface area is 252 Å². The largest absolute Gasteiger partial charge is 0.481 e. The van der Waals surface area contributed by atoms with Gasteiger partial charge in [-0.2, -0.15) is 0 Å². The molecule has 3 amide bonds. The Morgan fingerprint density at radius 1 is 0.682 bits per heavy atom. The number of fused-ring (bicyclic) bond motifs is 1. The fourth-order valence-electron chi connectivity index (χ4n) is 4.55. The van der Waals surface area contributed by atoms with Crippen molar-refractivity contribution in [3.63, 3.8) is 0 Å². The van der Waals surface area contributed by atoms with Crippen LogP contribution in [0.3, 0.4) is 0 Å². The average Bonchev–Trinajstić information content (AvgIpc) is 3.40. The molecule has 1 heterocycles. The monoisotopic (exact) mass is 609 g/mol. The Morgan fingerprint density at radius 2 is 1.25 bits per heavy atom. The zero-order valence-electron chi connectivity index (χ0n) is 23.7. The Bertz CT molecular complexity index is 1490. The predicted octanol–water partition coefficient (Wildman–Crippen LogP) is 0.549. The molecule has 0 aliphatic rings. The molecule has 0 aliphatic heterocycles. The lowest BCUT2D eigenvalue weighted by Crippen LogP contribution is -2.57. The number of carboxylic acids is 3. The molecule has 1 aromatic heterocycles. The van der Waals surface area contributed by atoms with Gasteiger partial charge in [0.2, 0.25) is 17.7 Å². The zero-order chi connectivity index (χ0) is 32.2. The molecule has 9 N–H and O–H groups in total. The molecule has 0 fully saturated rings. The quantitative estimate of drug-likeness (QED) is 0.106. The highest BCUT2D eigenvalue weighted by Crippen LogP contribution is 2.19. The maximum absolute atomic E-state index is 13.4. The maximum Gasteiger partial charge on any atom is 0.326 e.